The number of allylic oxidation sites excluding steroid dienone is 1. The van der Waals surface area contributed by atoms with Gasteiger partial charge in [-0.2, -0.15) is 0 Å². The SMILES string of the molecule is C=CC(c1ccccc1OC)C(C(=O)OC)C(=O)OC. The molecule has 20 heavy (non-hydrogen) atoms. The fourth-order valence-corrected chi connectivity index (χ4v) is 2.03. The normalized spacial score (nSPS) is 11.6. The summed E-state index contributed by atoms with van der Waals surface area (Å²) in [4.78, 5) is 23.7. The molecule has 0 spiro atoms. The Kier molecular flexibility index (Phi) is 5.77. The summed E-state index contributed by atoms with van der Waals surface area (Å²) >= 11 is 0. The lowest BCUT2D eigenvalue weighted by atomic mass is 9.85. The first-order valence-corrected chi connectivity index (χ1v) is 6.01. The highest BCUT2D eigenvalue weighted by Crippen LogP contribution is 2.34. The minimum Gasteiger partial charge on any atom is -0.496 e. The second-order valence-corrected chi connectivity index (χ2v) is 4.03. The molecule has 5 heteroatoms. The van der Waals surface area contributed by atoms with Gasteiger partial charge in [-0.3, -0.25) is 9.59 Å². The molecule has 0 aliphatic rings. The highest BCUT2D eigenvalue weighted by Gasteiger charge is 2.37. The molecule has 1 aromatic rings. The van der Waals surface area contributed by atoms with Crippen molar-refractivity contribution in [3.63, 3.8) is 0 Å². The highest BCUT2D eigenvalue weighted by atomic mass is 16.5. The van der Waals surface area contributed by atoms with Crippen LogP contribution < -0.4 is 4.74 Å². The molecule has 1 rings (SSSR count). The number of hydrogen-bond acceptors (Lipinski definition) is 5. The van der Waals surface area contributed by atoms with Crippen molar-refractivity contribution in [2.75, 3.05) is 21.3 Å². The lowest BCUT2D eigenvalue weighted by molar-refractivity contribution is -0.159. The predicted octanol–water partition coefficient (Wildman–Crippen LogP) is 1.93. The Bertz CT molecular complexity index is 479. The average molecular weight is 278 g/mol. The Balaban J connectivity index is 3.29. The summed E-state index contributed by atoms with van der Waals surface area (Å²) in [6, 6.07) is 7.11. The standard InChI is InChI=1S/C15H18O5/c1-5-10(11-8-6-7-9-12(11)18-2)13(14(16)19-3)15(17)20-4/h5-10,13H,1H2,2-4H3. The van der Waals surface area contributed by atoms with Gasteiger partial charge in [0.1, 0.15) is 5.75 Å². The van der Waals surface area contributed by atoms with Crippen LogP contribution in [-0.2, 0) is 19.1 Å². The molecule has 0 aromatic heterocycles. The van der Waals surface area contributed by atoms with Gasteiger partial charge < -0.3 is 14.2 Å². The first-order chi connectivity index (χ1) is 9.60. The van der Waals surface area contributed by atoms with Crippen LogP contribution >= 0.6 is 0 Å². The summed E-state index contributed by atoms with van der Waals surface area (Å²) in [5, 5.41) is 0. The number of rotatable bonds is 6. The Morgan fingerprint density at radius 3 is 2.10 bits per heavy atom. The molecular weight excluding hydrogens is 260 g/mol. The zero-order chi connectivity index (χ0) is 15.1. The van der Waals surface area contributed by atoms with Crippen molar-refractivity contribution in [3.05, 3.63) is 42.5 Å². The number of hydrogen-bond donors (Lipinski definition) is 0. The van der Waals surface area contributed by atoms with E-state index in [1.165, 1.54) is 27.4 Å². The number of carbonyl (C=O) groups is 2. The number of benzene rings is 1. The third-order valence-corrected chi connectivity index (χ3v) is 3.02. The van der Waals surface area contributed by atoms with Gasteiger partial charge in [-0.05, 0) is 6.07 Å². The van der Waals surface area contributed by atoms with Crippen LogP contribution in [-0.4, -0.2) is 33.3 Å². The third-order valence-electron chi connectivity index (χ3n) is 3.02. The van der Waals surface area contributed by atoms with E-state index in [0.29, 0.717) is 11.3 Å². The number of ether oxygens (including phenoxy) is 3. The molecule has 1 aromatic carbocycles. The van der Waals surface area contributed by atoms with Gasteiger partial charge in [0.25, 0.3) is 0 Å². The summed E-state index contributed by atoms with van der Waals surface area (Å²) in [6.45, 7) is 3.70. The van der Waals surface area contributed by atoms with Crippen molar-refractivity contribution in [2.45, 2.75) is 5.92 Å². The molecule has 0 heterocycles. The van der Waals surface area contributed by atoms with E-state index in [1.54, 1.807) is 24.3 Å². The maximum atomic E-state index is 11.9. The van der Waals surface area contributed by atoms with E-state index in [1.807, 2.05) is 0 Å². The van der Waals surface area contributed by atoms with E-state index in [-0.39, 0.29) is 0 Å². The average Bonchev–Trinajstić information content (AvgIpc) is 2.51. The van der Waals surface area contributed by atoms with Gasteiger partial charge in [-0.25, -0.2) is 0 Å². The molecule has 0 saturated carbocycles. The maximum absolute atomic E-state index is 11.9. The van der Waals surface area contributed by atoms with Crippen LogP contribution in [0.4, 0.5) is 0 Å². The molecule has 0 amide bonds. The van der Waals surface area contributed by atoms with Crippen LogP contribution in [0, 0.1) is 5.92 Å². The zero-order valence-corrected chi connectivity index (χ0v) is 11.8. The zero-order valence-electron chi connectivity index (χ0n) is 11.8. The molecular formula is C15H18O5. The molecule has 0 aliphatic heterocycles. The van der Waals surface area contributed by atoms with E-state index < -0.39 is 23.8 Å². The summed E-state index contributed by atoms with van der Waals surface area (Å²) in [7, 11) is 3.96. The smallest absolute Gasteiger partial charge is 0.321 e. The third kappa shape index (κ3) is 3.17. The molecule has 0 bridgehead atoms. The Hall–Kier alpha value is -2.30. The summed E-state index contributed by atoms with van der Waals surface area (Å²) < 4.78 is 14.6. The van der Waals surface area contributed by atoms with Crippen molar-refractivity contribution < 1.29 is 23.8 Å². The second kappa shape index (κ2) is 7.33. The van der Waals surface area contributed by atoms with Crippen LogP contribution in [0.3, 0.4) is 0 Å². The molecule has 0 radical (unpaired) electrons. The molecule has 1 unspecified atom stereocenters. The quantitative estimate of drug-likeness (QED) is 0.452. The molecule has 1 atom stereocenters. The van der Waals surface area contributed by atoms with E-state index in [2.05, 4.69) is 16.1 Å². The molecule has 0 N–H and O–H groups in total. The van der Waals surface area contributed by atoms with Crippen LogP contribution in [0.2, 0.25) is 0 Å². The monoisotopic (exact) mass is 278 g/mol. The summed E-state index contributed by atoms with van der Waals surface area (Å²) in [5.41, 5.74) is 0.672. The Morgan fingerprint density at radius 2 is 1.65 bits per heavy atom. The number of methoxy groups -OCH3 is 3. The first-order valence-electron chi connectivity index (χ1n) is 6.01. The van der Waals surface area contributed by atoms with Crippen molar-refractivity contribution >= 4 is 11.9 Å². The minimum atomic E-state index is -1.11. The van der Waals surface area contributed by atoms with Crippen molar-refractivity contribution in [1.82, 2.24) is 0 Å². The fourth-order valence-electron chi connectivity index (χ4n) is 2.03. The maximum Gasteiger partial charge on any atom is 0.321 e. The van der Waals surface area contributed by atoms with Crippen LogP contribution in [0.5, 0.6) is 5.75 Å². The van der Waals surface area contributed by atoms with Crippen LogP contribution in [0.1, 0.15) is 11.5 Å². The topological polar surface area (TPSA) is 61.8 Å². The molecule has 108 valence electrons. The molecule has 0 saturated heterocycles. The summed E-state index contributed by atoms with van der Waals surface area (Å²) in [6.07, 6.45) is 1.51. The van der Waals surface area contributed by atoms with Gasteiger partial charge >= 0.3 is 11.9 Å². The summed E-state index contributed by atoms with van der Waals surface area (Å²) in [5.74, 6) is -2.49. The van der Waals surface area contributed by atoms with Crippen molar-refractivity contribution in [2.24, 2.45) is 5.92 Å². The van der Waals surface area contributed by atoms with Gasteiger partial charge in [-0.15, -0.1) is 6.58 Å². The van der Waals surface area contributed by atoms with Gasteiger partial charge in [0, 0.05) is 11.5 Å². The Morgan fingerprint density at radius 1 is 1.10 bits per heavy atom. The van der Waals surface area contributed by atoms with E-state index in [9.17, 15) is 9.59 Å². The number of carbonyl (C=O) groups excluding carboxylic acids is 2. The highest BCUT2D eigenvalue weighted by molar-refractivity contribution is 5.96. The largest absolute Gasteiger partial charge is 0.496 e. The molecule has 0 fully saturated rings. The van der Waals surface area contributed by atoms with Gasteiger partial charge in [0.2, 0.25) is 0 Å². The number of para-hydroxylation sites is 1. The lowest BCUT2D eigenvalue weighted by Crippen LogP contribution is -2.31. The van der Waals surface area contributed by atoms with Crippen molar-refractivity contribution in [1.29, 1.82) is 0 Å². The number of esters is 2. The van der Waals surface area contributed by atoms with E-state index in [4.69, 9.17) is 4.74 Å². The first kappa shape index (κ1) is 15.8. The van der Waals surface area contributed by atoms with E-state index in [0.717, 1.165) is 0 Å². The van der Waals surface area contributed by atoms with Crippen molar-refractivity contribution in [3.8, 4) is 5.75 Å². The Labute approximate surface area is 118 Å². The van der Waals surface area contributed by atoms with Gasteiger partial charge in [-0.1, -0.05) is 24.3 Å². The fraction of sp³-hybridized carbons (Fsp3) is 0.333. The van der Waals surface area contributed by atoms with E-state index >= 15 is 0 Å². The predicted molar refractivity (Wildman–Crippen MR) is 73.5 cm³/mol. The second-order valence-electron chi connectivity index (χ2n) is 4.03. The molecule has 0 aliphatic carbocycles. The van der Waals surface area contributed by atoms with Gasteiger partial charge in [0.15, 0.2) is 5.92 Å². The molecule has 5 nitrogen and oxygen atoms in total. The van der Waals surface area contributed by atoms with Crippen LogP contribution in [0.25, 0.3) is 0 Å². The van der Waals surface area contributed by atoms with Crippen LogP contribution in [0.15, 0.2) is 36.9 Å². The minimum absolute atomic E-state index is 0.565. The van der Waals surface area contributed by atoms with Gasteiger partial charge in [0.05, 0.1) is 21.3 Å². The lowest BCUT2D eigenvalue weighted by Gasteiger charge is -2.22.